The van der Waals surface area contributed by atoms with Crippen LogP contribution in [0.3, 0.4) is 0 Å². The van der Waals surface area contributed by atoms with E-state index in [1.165, 1.54) is 0 Å². The first-order valence-electron chi connectivity index (χ1n) is 9.61. The highest BCUT2D eigenvalue weighted by Crippen LogP contribution is 2.22. The first-order chi connectivity index (χ1) is 13.2. The summed E-state index contributed by atoms with van der Waals surface area (Å²) in [6.07, 6.45) is 4.37. The van der Waals surface area contributed by atoms with Crippen molar-refractivity contribution in [3.05, 3.63) is 46.3 Å². The second-order valence-corrected chi connectivity index (χ2v) is 6.80. The third-order valence-electron chi connectivity index (χ3n) is 4.75. The first kappa shape index (κ1) is 21.0. The standard InChI is InChI=1S/C19H29N5O3/c20-24-23-18-16(10-7-11-17(18)25)21-12-5-2-6-13-22-19(26)27-14-15-8-3-1-4-9-15/h1,3-4,8-9,16-18,21,25H,2,5-7,10-14H2,(H,22,26)/t16?,17-,18+/m1/s1. The zero-order valence-electron chi connectivity index (χ0n) is 15.6. The zero-order valence-corrected chi connectivity index (χ0v) is 15.6. The second kappa shape index (κ2) is 12.2. The SMILES string of the molecule is [N-]=[N+]=N[C@H]1C(NCCCCCNC(=O)OCc2ccccc2)CCC[C@H]1O. The van der Waals surface area contributed by atoms with Gasteiger partial charge in [-0.1, -0.05) is 41.9 Å². The molecule has 0 radical (unpaired) electrons. The van der Waals surface area contributed by atoms with Crippen molar-refractivity contribution in [2.24, 2.45) is 5.11 Å². The molecule has 148 valence electrons. The van der Waals surface area contributed by atoms with Gasteiger partial charge in [-0.25, -0.2) is 4.79 Å². The van der Waals surface area contributed by atoms with Gasteiger partial charge in [0.2, 0.25) is 0 Å². The molecule has 0 heterocycles. The highest BCUT2D eigenvalue weighted by Gasteiger charge is 2.30. The van der Waals surface area contributed by atoms with Crippen molar-refractivity contribution in [1.82, 2.24) is 10.6 Å². The van der Waals surface area contributed by atoms with Crippen molar-refractivity contribution in [3.63, 3.8) is 0 Å². The van der Waals surface area contributed by atoms with Crippen LogP contribution in [0.25, 0.3) is 10.4 Å². The number of aliphatic hydroxyl groups excluding tert-OH is 1. The third kappa shape index (κ3) is 7.86. The quantitative estimate of drug-likeness (QED) is 0.252. The number of rotatable bonds is 10. The van der Waals surface area contributed by atoms with Crippen molar-refractivity contribution in [1.29, 1.82) is 0 Å². The summed E-state index contributed by atoms with van der Waals surface area (Å²) < 4.78 is 5.15. The molecule has 1 saturated carbocycles. The maximum Gasteiger partial charge on any atom is 0.407 e. The van der Waals surface area contributed by atoms with Crippen LogP contribution in [0.15, 0.2) is 35.4 Å². The number of unbranched alkanes of at least 4 members (excludes halogenated alkanes) is 2. The van der Waals surface area contributed by atoms with Crippen LogP contribution >= 0.6 is 0 Å². The van der Waals surface area contributed by atoms with Crippen molar-refractivity contribution >= 4 is 6.09 Å². The zero-order chi connectivity index (χ0) is 19.3. The summed E-state index contributed by atoms with van der Waals surface area (Å²) in [5.74, 6) is 0. The maximum atomic E-state index is 11.6. The van der Waals surface area contributed by atoms with Crippen LogP contribution < -0.4 is 10.6 Å². The van der Waals surface area contributed by atoms with Gasteiger partial charge in [0.25, 0.3) is 0 Å². The van der Waals surface area contributed by atoms with E-state index in [2.05, 4.69) is 20.7 Å². The van der Waals surface area contributed by atoms with E-state index in [1.54, 1.807) is 0 Å². The van der Waals surface area contributed by atoms with E-state index in [4.69, 9.17) is 10.3 Å². The number of nitrogens with one attached hydrogen (secondary N) is 2. The predicted octanol–water partition coefficient (Wildman–Crippen LogP) is 3.27. The topological polar surface area (TPSA) is 119 Å². The fourth-order valence-corrected chi connectivity index (χ4v) is 3.28. The molecule has 1 amide bonds. The fourth-order valence-electron chi connectivity index (χ4n) is 3.28. The number of amides is 1. The van der Waals surface area contributed by atoms with E-state index in [9.17, 15) is 9.90 Å². The number of hydrogen-bond acceptors (Lipinski definition) is 5. The number of azide groups is 1. The van der Waals surface area contributed by atoms with Gasteiger partial charge in [0, 0.05) is 17.5 Å². The highest BCUT2D eigenvalue weighted by atomic mass is 16.5. The molecule has 1 aliphatic carbocycles. The van der Waals surface area contributed by atoms with Crippen LogP contribution in [0, 0.1) is 0 Å². The van der Waals surface area contributed by atoms with Crippen molar-refractivity contribution in [3.8, 4) is 0 Å². The van der Waals surface area contributed by atoms with Gasteiger partial charge in [-0.3, -0.25) is 0 Å². The van der Waals surface area contributed by atoms with E-state index in [0.717, 1.165) is 44.2 Å². The molecule has 2 rings (SSSR count). The Morgan fingerprint density at radius 3 is 2.78 bits per heavy atom. The van der Waals surface area contributed by atoms with Crippen LogP contribution in [0.5, 0.6) is 0 Å². The molecule has 3 atom stereocenters. The Kier molecular flexibility index (Phi) is 9.48. The molecular weight excluding hydrogens is 346 g/mol. The van der Waals surface area contributed by atoms with E-state index < -0.39 is 12.2 Å². The maximum absolute atomic E-state index is 11.6. The molecule has 0 aromatic heterocycles. The van der Waals surface area contributed by atoms with E-state index in [0.29, 0.717) is 13.0 Å². The summed E-state index contributed by atoms with van der Waals surface area (Å²) in [7, 11) is 0. The molecular formula is C19H29N5O3. The Morgan fingerprint density at radius 2 is 2.00 bits per heavy atom. The van der Waals surface area contributed by atoms with Crippen LogP contribution in [0.2, 0.25) is 0 Å². The van der Waals surface area contributed by atoms with Crippen LogP contribution in [0.4, 0.5) is 4.79 Å². The molecule has 1 fully saturated rings. The molecule has 0 spiro atoms. The number of ether oxygens (including phenoxy) is 1. The number of nitrogens with zero attached hydrogens (tertiary/aromatic N) is 3. The monoisotopic (exact) mass is 375 g/mol. The fraction of sp³-hybridized carbons (Fsp3) is 0.632. The summed E-state index contributed by atoms with van der Waals surface area (Å²) in [6.45, 7) is 1.65. The minimum Gasteiger partial charge on any atom is -0.445 e. The molecule has 0 saturated heterocycles. The lowest BCUT2D eigenvalue weighted by Crippen LogP contribution is -2.48. The number of carbonyl (C=O) groups is 1. The Hall–Kier alpha value is -2.28. The largest absolute Gasteiger partial charge is 0.445 e. The number of benzene rings is 1. The summed E-state index contributed by atoms with van der Waals surface area (Å²) in [4.78, 5) is 14.5. The minimum atomic E-state index is -0.557. The number of alkyl carbamates (subject to hydrolysis) is 1. The van der Waals surface area contributed by atoms with Gasteiger partial charge in [-0.05, 0) is 49.7 Å². The van der Waals surface area contributed by atoms with Gasteiger partial charge in [0.05, 0.1) is 12.1 Å². The minimum absolute atomic E-state index is 0.0377. The highest BCUT2D eigenvalue weighted by molar-refractivity contribution is 5.67. The molecule has 1 aliphatic rings. The predicted molar refractivity (Wildman–Crippen MR) is 103 cm³/mol. The lowest BCUT2D eigenvalue weighted by Gasteiger charge is -2.33. The van der Waals surface area contributed by atoms with Crippen LogP contribution in [0.1, 0.15) is 44.1 Å². The Bertz CT molecular complexity index is 607. The third-order valence-corrected chi connectivity index (χ3v) is 4.75. The van der Waals surface area contributed by atoms with Crippen molar-refractivity contribution < 1.29 is 14.6 Å². The normalized spacial score (nSPS) is 21.9. The van der Waals surface area contributed by atoms with Gasteiger partial charge >= 0.3 is 6.09 Å². The molecule has 1 aromatic rings. The number of carbonyl (C=O) groups excluding carboxylic acids is 1. The Balaban J connectivity index is 1.50. The van der Waals surface area contributed by atoms with Gasteiger partial charge in [0.1, 0.15) is 6.61 Å². The molecule has 1 unspecified atom stereocenters. The molecule has 1 aromatic carbocycles. The van der Waals surface area contributed by atoms with Crippen molar-refractivity contribution in [2.75, 3.05) is 13.1 Å². The number of aliphatic hydroxyl groups is 1. The second-order valence-electron chi connectivity index (χ2n) is 6.80. The molecule has 8 nitrogen and oxygen atoms in total. The molecule has 27 heavy (non-hydrogen) atoms. The van der Waals surface area contributed by atoms with Crippen LogP contribution in [-0.2, 0) is 11.3 Å². The van der Waals surface area contributed by atoms with E-state index in [1.807, 2.05) is 30.3 Å². The smallest absolute Gasteiger partial charge is 0.407 e. The molecule has 8 heteroatoms. The molecule has 3 N–H and O–H groups in total. The summed E-state index contributed by atoms with van der Waals surface area (Å²) in [6, 6.07) is 9.23. The van der Waals surface area contributed by atoms with Crippen molar-refractivity contribution in [2.45, 2.75) is 63.3 Å². The van der Waals surface area contributed by atoms with Gasteiger partial charge in [-0.15, -0.1) is 0 Å². The van der Waals surface area contributed by atoms with Gasteiger partial charge < -0.3 is 20.5 Å². The van der Waals surface area contributed by atoms with E-state index in [-0.39, 0.29) is 18.7 Å². The summed E-state index contributed by atoms with van der Waals surface area (Å²) in [5, 5.41) is 19.8. The molecule has 0 bridgehead atoms. The lowest BCUT2D eigenvalue weighted by atomic mass is 9.88. The average Bonchev–Trinajstić information content (AvgIpc) is 2.69. The summed E-state index contributed by atoms with van der Waals surface area (Å²) in [5.41, 5.74) is 9.61. The van der Waals surface area contributed by atoms with E-state index >= 15 is 0 Å². The average molecular weight is 375 g/mol. The van der Waals surface area contributed by atoms with Crippen LogP contribution in [-0.4, -0.2) is 42.5 Å². The van der Waals surface area contributed by atoms with Gasteiger partial charge in [0.15, 0.2) is 0 Å². The summed E-state index contributed by atoms with van der Waals surface area (Å²) >= 11 is 0. The first-order valence-corrected chi connectivity index (χ1v) is 9.61. The lowest BCUT2D eigenvalue weighted by molar-refractivity contribution is 0.0885. The Morgan fingerprint density at radius 1 is 1.22 bits per heavy atom. The number of hydrogen-bond donors (Lipinski definition) is 3. The Labute approximate surface area is 159 Å². The molecule has 0 aliphatic heterocycles. The van der Waals surface area contributed by atoms with Gasteiger partial charge in [-0.2, -0.15) is 0 Å².